The average molecular weight is 262 g/mol. The van der Waals surface area contributed by atoms with E-state index in [0.29, 0.717) is 0 Å². The van der Waals surface area contributed by atoms with Crippen molar-refractivity contribution < 1.29 is 12.9 Å². The van der Waals surface area contributed by atoms with E-state index in [4.69, 9.17) is 0 Å². The number of rotatable bonds is 6. The number of halogens is 3. The van der Waals surface area contributed by atoms with Crippen molar-refractivity contribution in [3.8, 4) is 0 Å². The zero-order valence-electron chi connectivity index (χ0n) is 10.00. The molecular weight excluding hydrogens is 246 g/mol. The van der Waals surface area contributed by atoms with E-state index in [2.05, 4.69) is 6.58 Å². The highest BCUT2D eigenvalue weighted by Gasteiger charge is 2.27. The van der Waals surface area contributed by atoms with E-state index in [1.165, 1.54) is 4.88 Å². The molecule has 0 saturated heterocycles. The van der Waals surface area contributed by atoms with Gasteiger partial charge in [-0.1, -0.05) is 6.07 Å². The van der Waals surface area contributed by atoms with E-state index in [1.54, 1.807) is 23.3 Å². The van der Waals surface area contributed by atoms with Crippen molar-refractivity contribution in [3.63, 3.8) is 0 Å². The van der Waals surface area contributed by atoms with Crippen LogP contribution >= 0.6 is 11.3 Å². The minimum absolute atomic E-state index is 0.0727. The van der Waals surface area contributed by atoms with Gasteiger partial charge in [-0.25, -0.2) is 0 Å². The Morgan fingerprint density at radius 3 is 2.65 bits per heavy atom. The molecule has 1 nitrogen and oxygen atoms in total. The lowest BCUT2D eigenvalue weighted by atomic mass is 9.80. The van der Waals surface area contributed by atoms with Crippen molar-refractivity contribution in [1.29, 1.82) is 0 Å². The molecule has 0 aromatic carbocycles. The Morgan fingerprint density at radius 1 is 1.53 bits per heavy atom. The molecular formula is C11H16BF3NS-. The summed E-state index contributed by atoms with van der Waals surface area (Å²) in [5.74, 6) is 0. The molecule has 1 unspecified atom stereocenters. The molecule has 1 aromatic heterocycles. The first kappa shape index (κ1) is 14.3. The number of hydrogen-bond donors (Lipinski definition) is 0. The highest BCUT2D eigenvalue weighted by molar-refractivity contribution is 7.09. The lowest BCUT2D eigenvalue weighted by molar-refractivity contribution is 0.277. The summed E-state index contributed by atoms with van der Waals surface area (Å²) in [5.41, 5.74) is -0.634. The number of thiophene rings is 1. The summed E-state index contributed by atoms with van der Waals surface area (Å²) in [6.45, 7) is 0.00212. The SMILES string of the molecule is C=C(CN(C)C(C)Cc1cccs1)[B-](F)(F)F. The summed E-state index contributed by atoms with van der Waals surface area (Å²) in [6, 6.07) is 4.02. The highest BCUT2D eigenvalue weighted by atomic mass is 32.1. The fourth-order valence-electron chi connectivity index (χ4n) is 1.46. The molecule has 0 aliphatic carbocycles. The second kappa shape index (κ2) is 5.73. The maximum Gasteiger partial charge on any atom is 0.506 e. The monoisotopic (exact) mass is 262 g/mol. The Bertz CT molecular complexity index is 361. The fourth-order valence-corrected chi connectivity index (χ4v) is 2.28. The van der Waals surface area contributed by atoms with Crippen molar-refractivity contribution in [2.24, 2.45) is 0 Å². The van der Waals surface area contributed by atoms with Gasteiger partial charge in [0, 0.05) is 10.9 Å². The zero-order valence-corrected chi connectivity index (χ0v) is 10.8. The third-order valence-corrected chi connectivity index (χ3v) is 3.64. The number of hydrogen-bond acceptors (Lipinski definition) is 2. The van der Waals surface area contributed by atoms with Crippen LogP contribution in [0.5, 0.6) is 0 Å². The van der Waals surface area contributed by atoms with Crippen LogP contribution < -0.4 is 0 Å². The molecule has 0 bridgehead atoms. The minimum Gasteiger partial charge on any atom is -0.445 e. The first-order chi connectivity index (χ1) is 7.80. The van der Waals surface area contributed by atoms with Gasteiger partial charge in [-0.15, -0.1) is 23.4 Å². The molecule has 96 valence electrons. The van der Waals surface area contributed by atoms with Gasteiger partial charge in [-0.2, -0.15) is 0 Å². The molecule has 1 rings (SSSR count). The fraction of sp³-hybridized carbons (Fsp3) is 0.455. The van der Waals surface area contributed by atoms with Gasteiger partial charge in [0.25, 0.3) is 0 Å². The normalized spacial score (nSPS) is 14.0. The van der Waals surface area contributed by atoms with Gasteiger partial charge >= 0.3 is 6.98 Å². The molecule has 0 N–H and O–H groups in total. The maximum atomic E-state index is 12.4. The van der Waals surface area contributed by atoms with Crippen LogP contribution in [0, 0.1) is 0 Å². The summed E-state index contributed by atoms with van der Waals surface area (Å²) in [6.07, 6.45) is 0.770. The third kappa shape index (κ3) is 4.56. The summed E-state index contributed by atoms with van der Waals surface area (Å²) < 4.78 is 37.2. The Hall–Kier alpha value is -0.745. The van der Waals surface area contributed by atoms with E-state index < -0.39 is 12.4 Å². The average Bonchev–Trinajstić information content (AvgIpc) is 2.68. The van der Waals surface area contributed by atoms with Gasteiger partial charge in [0.15, 0.2) is 0 Å². The molecule has 1 atom stereocenters. The molecule has 0 saturated carbocycles. The minimum atomic E-state index is -4.92. The number of likely N-dealkylation sites (N-methyl/N-ethyl adjacent to an activating group) is 1. The molecule has 0 aliphatic rings. The third-order valence-electron chi connectivity index (χ3n) is 2.74. The van der Waals surface area contributed by atoms with Crippen molar-refractivity contribution in [2.75, 3.05) is 13.6 Å². The van der Waals surface area contributed by atoms with Crippen LogP contribution in [-0.4, -0.2) is 31.5 Å². The standard InChI is InChI=1S/C11H16BF3NS/c1-9(12(13,14)15)8-16(3)10(2)7-11-5-4-6-17-11/h4-6,10H,1,7-8H2,2-3H3/q-1. The van der Waals surface area contributed by atoms with Crippen LogP contribution in [0.25, 0.3) is 0 Å². The van der Waals surface area contributed by atoms with Crippen LogP contribution in [0.3, 0.4) is 0 Å². The Kier molecular flexibility index (Phi) is 4.83. The summed E-state index contributed by atoms with van der Waals surface area (Å²) in [5, 5.41) is 1.97. The van der Waals surface area contributed by atoms with Gasteiger partial charge in [0.05, 0.1) is 0 Å². The summed E-state index contributed by atoms with van der Waals surface area (Å²) in [4.78, 5) is 2.88. The van der Waals surface area contributed by atoms with Crippen LogP contribution in [-0.2, 0) is 6.42 Å². The van der Waals surface area contributed by atoms with Crippen LogP contribution in [0.1, 0.15) is 11.8 Å². The van der Waals surface area contributed by atoms with E-state index in [-0.39, 0.29) is 12.6 Å². The van der Waals surface area contributed by atoms with Crippen molar-refractivity contribution in [1.82, 2.24) is 4.90 Å². The van der Waals surface area contributed by atoms with Gasteiger partial charge in [-0.05, 0) is 38.4 Å². The van der Waals surface area contributed by atoms with E-state index >= 15 is 0 Å². The van der Waals surface area contributed by atoms with Crippen molar-refractivity contribution in [2.45, 2.75) is 19.4 Å². The van der Waals surface area contributed by atoms with Gasteiger partial charge in [0.1, 0.15) is 0 Å². The van der Waals surface area contributed by atoms with Gasteiger partial charge in [0.2, 0.25) is 0 Å². The predicted molar refractivity (Wildman–Crippen MR) is 68.3 cm³/mol. The second-order valence-electron chi connectivity index (χ2n) is 4.28. The zero-order chi connectivity index (χ0) is 13.1. The topological polar surface area (TPSA) is 3.24 Å². The molecule has 0 aliphatic heterocycles. The summed E-state index contributed by atoms with van der Waals surface area (Å²) >= 11 is 1.63. The largest absolute Gasteiger partial charge is 0.506 e. The maximum absolute atomic E-state index is 12.4. The quantitative estimate of drug-likeness (QED) is 0.708. The molecule has 0 amide bonds. The Morgan fingerprint density at radius 2 is 2.18 bits per heavy atom. The van der Waals surface area contributed by atoms with Gasteiger partial charge in [-0.3, -0.25) is 0 Å². The molecule has 6 heteroatoms. The van der Waals surface area contributed by atoms with Crippen LogP contribution in [0.2, 0.25) is 0 Å². The van der Waals surface area contributed by atoms with E-state index in [0.717, 1.165) is 6.42 Å². The molecule has 0 spiro atoms. The second-order valence-corrected chi connectivity index (χ2v) is 5.31. The van der Waals surface area contributed by atoms with Crippen molar-refractivity contribution >= 4 is 18.3 Å². The lowest BCUT2D eigenvalue weighted by Gasteiger charge is -2.29. The number of nitrogens with zero attached hydrogens (tertiary/aromatic N) is 1. The predicted octanol–water partition coefficient (Wildman–Crippen LogP) is 3.55. The van der Waals surface area contributed by atoms with Crippen LogP contribution in [0.4, 0.5) is 12.9 Å². The smallest absolute Gasteiger partial charge is 0.445 e. The molecule has 0 radical (unpaired) electrons. The molecule has 1 aromatic rings. The van der Waals surface area contributed by atoms with Gasteiger partial charge < -0.3 is 17.8 Å². The molecule has 0 fully saturated rings. The first-order valence-corrected chi connectivity index (χ1v) is 6.29. The molecule has 17 heavy (non-hydrogen) atoms. The summed E-state index contributed by atoms with van der Waals surface area (Å²) in [7, 11) is 1.70. The van der Waals surface area contributed by atoms with Crippen LogP contribution in [0.15, 0.2) is 29.6 Å². The Labute approximate surface area is 104 Å². The highest BCUT2D eigenvalue weighted by Crippen LogP contribution is 2.20. The van der Waals surface area contributed by atoms with E-state index in [1.807, 2.05) is 24.4 Å². The first-order valence-electron chi connectivity index (χ1n) is 5.41. The van der Waals surface area contributed by atoms with E-state index in [9.17, 15) is 12.9 Å². The Balaban J connectivity index is 2.47. The lowest BCUT2D eigenvalue weighted by Crippen LogP contribution is -2.36. The molecule has 1 heterocycles. The van der Waals surface area contributed by atoms with Crippen molar-refractivity contribution in [3.05, 3.63) is 34.4 Å².